The van der Waals surface area contributed by atoms with E-state index in [1.807, 2.05) is 24.3 Å². The molecule has 1 aliphatic rings. The molecule has 1 unspecified atom stereocenters. The molecule has 1 saturated carbocycles. The molecule has 0 bridgehead atoms. The number of carbonyl (C=O) groups excluding carboxylic acids is 1. The highest BCUT2D eigenvalue weighted by molar-refractivity contribution is 7.92. The van der Waals surface area contributed by atoms with Crippen molar-refractivity contribution in [3.8, 4) is 11.8 Å². The number of aliphatic hydroxyl groups excluding tert-OH is 1. The molecule has 7 heteroatoms. The standard InChI is InChI=1S/C19H25NO5S/c1-19(18(22)20-23,26(2,24)25)10-9-15-5-3-14(4-6-15)7-8-16-11-17(12-16)13-21/h3-6,16-17,21,23H,9-13H2,1-2H3,(H,20,22). The lowest BCUT2D eigenvalue weighted by Gasteiger charge is -2.29. The summed E-state index contributed by atoms with van der Waals surface area (Å²) in [4.78, 5) is 11.8. The molecule has 0 radical (unpaired) electrons. The molecule has 0 spiro atoms. The summed E-state index contributed by atoms with van der Waals surface area (Å²) >= 11 is 0. The summed E-state index contributed by atoms with van der Waals surface area (Å²) in [5.41, 5.74) is 3.22. The van der Waals surface area contributed by atoms with Crippen molar-refractivity contribution in [2.75, 3.05) is 12.9 Å². The quantitative estimate of drug-likeness (QED) is 0.393. The van der Waals surface area contributed by atoms with Gasteiger partial charge >= 0.3 is 0 Å². The molecule has 0 aliphatic heterocycles. The number of hydrogen-bond acceptors (Lipinski definition) is 5. The van der Waals surface area contributed by atoms with Crippen molar-refractivity contribution in [1.29, 1.82) is 0 Å². The first-order chi connectivity index (χ1) is 12.2. The second kappa shape index (κ2) is 8.21. The lowest BCUT2D eigenvalue weighted by Crippen LogP contribution is -2.49. The van der Waals surface area contributed by atoms with Gasteiger partial charge in [-0.15, -0.1) is 0 Å². The van der Waals surface area contributed by atoms with Crippen LogP contribution in [0.4, 0.5) is 0 Å². The van der Waals surface area contributed by atoms with E-state index in [4.69, 9.17) is 10.3 Å². The third-order valence-electron chi connectivity index (χ3n) is 5.16. The highest BCUT2D eigenvalue weighted by Gasteiger charge is 2.43. The summed E-state index contributed by atoms with van der Waals surface area (Å²) < 4.78 is 22.2. The number of aryl methyl sites for hydroxylation is 1. The number of sulfone groups is 1. The predicted octanol–water partition coefficient (Wildman–Crippen LogP) is 1.30. The second-order valence-electron chi connectivity index (χ2n) is 7.13. The smallest absolute Gasteiger partial charge is 0.264 e. The molecule has 26 heavy (non-hydrogen) atoms. The van der Waals surface area contributed by atoms with E-state index in [2.05, 4.69) is 11.8 Å². The fourth-order valence-electron chi connectivity index (χ4n) is 2.91. The van der Waals surface area contributed by atoms with E-state index in [1.54, 1.807) is 0 Å². The van der Waals surface area contributed by atoms with Crippen molar-refractivity contribution >= 4 is 15.7 Å². The Labute approximate surface area is 154 Å². The first-order valence-corrected chi connectivity index (χ1v) is 10.4. The Kier molecular flexibility index (Phi) is 6.45. The van der Waals surface area contributed by atoms with Crippen molar-refractivity contribution in [3.05, 3.63) is 35.4 Å². The van der Waals surface area contributed by atoms with Gasteiger partial charge in [-0.25, -0.2) is 13.9 Å². The van der Waals surface area contributed by atoms with Crippen LogP contribution >= 0.6 is 0 Å². The monoisotopic (exact) mass is 379 g/mol. The van der Waals surface area contributed by atoms with Crippen molar-refractivity contribution in [3.63, 3.8) is 0 Å². The highest BCUT2D eigenvalue weighted by Crippen LogP contribution is 2.32. The van der Waals surface area contributed by atoms with Gasteiger partial charge in [0.2, 0.25) is 0 Å². The Bertz CT molecular complexity index is 801. The van der Waals surface area contributed by atoms with Crippen LogP contribution in [0.2, 0.25) is 0 Å². The zero-order valence-corrected chi connectivity index (χ0v) is 15.8. The number of amides is 1. The molecule has 3 N–H and O–H groups in total. The van der Waals surface area contributed by atoms with E-state index in [0.29, 0.717) is 18.3 Å². The van der Waals surface area contributed by atoms with E-state index < -0.39 is 20.5 Å². The number of benzene rings is 1. The van der Waals surface area contributed by atoms with Crippen LogP contribution in [0, 0.1) is 23.7 Å². The molecule has 0 heterocycles. The number of hydrogen-bond donors (Lipinski definition) is 3. The average molecular weight is 379 g/mol. The van der Waals surface area contributed by atoms with Gasteiger partial charge in [0, 0.05) is 24.3 Å². The van der Waals surface area contributed by atoms with E-state index in [-0.39, 0.29) is 13.0 Å². The third kappa shape index (κ3) is 4.64. The Morgan fingerprint density at radius 1 is 1.31 bits per heavy atom. The van der Waals surface area contributed by atoms with Gasteiger partial charge in [0.05, 0.1) is 0 Å². The van der Waals surface area contributed by atoms with Crippen molar-refractivity contribution < 1.29 is 23.5 Å². The Balaban J connectivity index is 1.99. The Hall–Kier alpha value is -1.88. The van der Waals surface area contributed by atoms with E-state index in [0.717, 1.165) is 30.2 Å². The van der Waals surface area contributed by atoms with E-state index >= 15 is 0 Å². The van der Waals surface area contributed by atoms with Gasteiger partial charge < -0.3 is 5.11 Å². The van der Waals surface area contributed by atoms with Crippen LogP contribution in [0.25, 0.3) is 0 Å². The zero-order chi connectivity index (χ0) is 19.4. The van der Waals surface area contributed by atoms with E-state index in [9.17, 15) is 13.2 Å². The number of carbonyl (C=O) groups is 1. The zero-order valence-electron chi connectivity index (χ0n) is 15.0. The topological polar surface area (TPSA) is 104 Å². The highest BCUT2D eigenvalue weighted by atomic mass is 32.2. The van der Waals surface area contributed by atoms with Crippen LogP contribution in [-0.2, 0) is 21.1 Å². The molecule has 0 saturated heterocycles. The summed E-state index contributed by atoms with van der Waals surface area (Å²) in [7, 11) is -3.69. The molecule has 1 aromatic carbocycles. The lowest BCUT2D eigenvalue weighted by molar-refractivity contribution is -0.131. The maximum Gasteiger partial charge on any atom is 0.264 e. The van der Waals surface area contributed by atoms with Crippen LogP contribution < -0.4 is 5.48 Å². The van der Waals surface area contributed by atoms with Crippen molar-refractivity contribution in [1.82, 2.24) is 5.48 Å². The number of hydroxylamine groups is 1. The molecule has 6 nitrogen and oxygen atoms in total. The van der Waals surface area contributed by atoms with Gasteiger partial charge in [-0.1, -0.05) is 24.0 Å². The Morgan fingerprint density at radius 2 is 1.92 bits per heavy atom. The van der Waals surface area contributed by atoms with Crippen LogP contribution in [0.1, 0.15) is 37.3 Å². The maximum absolute atomic E-state index is 12.0. The fraction of sp³-hybridized carbons (Fsp3) is 0.526. The van der Waals surface area contributed by atoms with Gasteiger partial charge in [-0.2, -0.15) is 0 Å². The van der Waals surface area contributed by atoms with Crippen LogP contribution in [-0.4, -0.2) is 42.2 Å². The predicted molar refractivity (Wildman–Crippen MR) is 98.1 cm³/mol. The summed E-state index contributed by atoms with van der Waals surface area (Å²) in [6.07, 6.45) is 3.32. The average Bonchev–Trinajstić information content (AvgIpc) is 2.57. The summed E-state index contributed by atoms with van der Waals surface area (Å²) in [5.74, 6) is 6.12. The molecular formula is C19H25NO5S. The minimum Gasteiger partial charge on any atom is -0.396 e. The van der Waals surface area contributed by atoms with Crippen molar-refractivity contribution in [2.45, 2.75) is 37.4 Å². The Morgan fingerprint density at radius 3 is 2.42 bits per heavy atom. The lowest BCUT2D eigenvalue weighted by atomic mass is 9.76. The largest absolute Gasteiger partial charge is 0.396 e. The summed E-state index contributed by atoms with van der Waals surface area (Å²) in [6.45, 7) is 1.54. The molecule has 1 atom stereocenters. The number of aliphatic hydroxyl groups is 1. The van der Waals surface area contributed by atoms with Crippen LogP contribution in [0.5, 0.6) is 0 Å². The molecule has 1 aliphatic carbocycles. The normalized spacial score (nSPS) is 21.7. The first-order valence-electron chi connectivity index (χ1n) is 8.55. The van der Waals surface area contributed by atoms with Crippen LogP contribution in [0.3, 0.4) is 0 Å². The van der Waals surface area contributed by atoms with Gasteiger partial charge in [-0.05, 0) is 56.2 Å². The van der Waals surface area contributed by atoms with Crippen LogP contribution in [0.15, 0.2) is 24.3 Å². The minimum absolute atomic E-state index is 0.0634. The minimum atomic E-state index is -3.69. The SMILES string of the molecule is CC(CCc1ccc(C#CC2CC(CO)C2)cc1)(C(=O)NO)S(C)(=O)=O. The molecule has 142 valence electrons. The molecule has 2 rings (SSSR count). The molecular weight excluding hydrogens is 354 g/mol. The molecule has 1 fully saturated rings. The second-order valence-corrected chi connectivity index (χ2v) is 9.57. The third-order valence-corrected chi connectivity index (χ3v) is 7.19. The van der Waals surface area contributed by atoms with Gasteiger partial charge in [0.1, 0.15) is 4.75 Å². The maximum atomic E-state index is 12.0. The first kappa shape index (κ1) is 20.4. The van der Waals surface area contributed by atoms with Gasteiger partial charge in [0.15, 0.2) is 9.84 Å². The van der Waals surface area contributed by atoms with Crippen molar-refractivity contribution in [2.24, 2.45) is 11.8 Å². The molecule has 0 aromatic heterocycles. The number of nitrogens with one attached hydrogen (secondary N) is 1. The number of rotatable bonds is 6. The summed E-state index contributed by atoms with van der Waals surface area (Å²) in [5, 5.41) is 17.8. The van der Waals surface area contributed by atoms with Gasteiger partial charge in [-0.3, -0.25) is 10.0 Å². The molecule has 1 aromatic rings. The summed E-state index contributed by atoms with van der Waals surface area (Å²) in [6, 6.07) is 7.46. The van der Waals surface area contributed by atoms with E-state index in [1.165, 1.54) is 12.4 Å². The molecule has 1 amide bonds. The fourth-order valence-corrected chi connectivity index (χ4v) is 3.77. The van der Waals surface area contributed by atoms with Gasteiger partial charge in [0.25, 0.3) is 5.91 Å².